The van der Waals surface area contributed by atoms with Crippen molar-refractivity contribution in [2.45, 2.75) is 12.5 Å². The second-order valence-electron chi connectivity index (χ2n) is 2.65. The molecule has 0 radical (unpaired) electrons. The first-order valence-corrected chi connectivity index (χ1v) is 5.22. The molecule has 0 aliphatic rings. The summed E-state index contributed by atoms with van der Waals surface area (Å²) in [6, 6.07) is 2.29. The van der Waals surface area contributed by atoms with Crippen molar-refractivity contribution in [2.24, 2.45) is 5.84 Å². The fourth-order valence-corrected chi connectivity index (χ4v) is 1.68. The van der Waals surface area contributed by atoms with Gasteiger partial charge in [-0.3, -0.25) is 11.3 Å². The van der Waals surface area contributed by atoms with E-state index in [2.05, 4.69) is 11.7 Å². The molecule has 4 heteroatoms. The SMILES string of the molecule is CSCC(Cc1ccoc1)NN. The van der Waals surface area contributed by atoms with Crippen molar-refractivity contribution in [3.05, 3.63) is 24.2 Å². The Morgan fingerprint density at radius 2 is 2.58 bits per heavy atom. The number of hydrogen-bond donors (Lipinski definition) is 2. The summed E-state index contributed by atoms with van der Waals surface area (Å²) >= 11 is 1.78. The molecule has 12 heavy (non-hydrogen) atoms. The third kappa shape index (κ3) is 2.89. The Balaban J connectivity index is 2.37. The van der Waals surface area contributed by atoms with Crippen LogP contribution in [0.4, 0.5) is 0 Å². The van der Waals surface area contributed by atoms with Crippen molar-refractivity contribution in [3.63, 3.8) is 0 Å². The van der Waals surface area contributed by atoms with Crippen LogP contribution in [0, 0.1) is 0 Å². The number of nitrogens with one attached hydrogen (secondary N) is 1. The van der Waals surface area contributed by atoms with E-state index in [9.17, 15) is 0 Å². The second-order valence-corrected chi connectivity index (χ2v) is 3.57. The van der Waals surface area contributed by atoms with E-state index >= 15 is 0 Å². The smallest absolute Gasteiger partial charge is 0.0935 e. The van der Waals surface area contributed by atoms with Gasteiger partial charge in [0.2, 0.25) is 0 Å². The van der Waals surface area contributed by atoms with Crippen LogP contribution >= 0.6 is 11.8 Å². The molecule has 1 heterocycles. The van der Waals surface area contributed by atoms with Crippen LogP contribution in [0.1, 0.15) is 5.56 Å². The summed E-state index contributed by atoms with van der Waals surface area (Å²) < 4.78 is 4.96. The molecule has 0 aliphatic carbocycles. The molecule has 3 nitrogen and oxygen atoms in total. The molecule has 1 aromatic heterocycles. The van der Waals surface area contributed by atoms with Gasteiger partial charge in [0, 0.05) is 11.8 Å². The predicted octanol–water partition coefficient (Wildman–Crippen LogP) is 1.02. The van der Waals surface area contributed by atoms with E-state index in [0.717, 1.165) is 12.2 Å². The zero-order valence-corrected chi connectivity index (χ0v) is 7.93. The highest BCUT2D eigenvalue weighted by Gasteiger charge is 2.06. The zero-order valence-electron chi connectivity index (χ0n) is 7.12. The lowest BCUT2D eigenvalue weighted by Crippen LogP contribution is -2.38. The van der Waals surface area contributed by atoms with E-state index < -0.39 is 0 Å². The molecule has 0 fully saturated rings. The molecule has 0 aromatic carbocycles. The van der Waals surface area contributed by atoms with Gasteiger partial charge in [0.1, 0.15) is 0 Å². The summed E-state index contributed by atoms with van der Waals surface area (Å²) in [4.78, 5) is 0. The lowest BCUT2D eigenvalue weighted by molar-refractivity contribution is 0.548. The summed E-state index contributed by atoms with van der Waals surface area (Å²) in [5.41, 5.74) is 3.97. The van der Waals surface area contributed by atoms with Crippen LogP contribution in [0.3, 0.4) is 0 Å². The normalized spacial score (nSPS) is 13.2. The van der Waals surface area contributed by atoms with Crippen LogP contribution in [0.2, 0.25) is 0 Å². The van der Waals surface area contributed by atoms with Gasteiger partial charge in [-0.05, 0) is 24.3 Å². The topological polar surface area (TPSA) is 51.2 Å². The van der Waals surface area contributed by atoms with E-state index in [-0.39, 0.29) is 0 Å². The number of hydrogen-bond acceptors (Lipinski definition) is 4. The first-order valence-electron chi connectivity index (χ1n) is 3.83. The summed E-state index contributed by atoms with van der Waals surface area (Å²) in [5.74, 6) is 6.40. The Kier molecular flexibility index (Phi) is 4.21. The maximum absolute atomic E-state index is 5.38. The molecule has 1 aromatic rings. The number of nitrogens with two attached hydrogens (primary N) is 1. The minimum absolute atomic E-state index is 0.331. The summed E-state index contributed by atoms with van der Waals surface area (Å²) in [6.45, 7) is 0. The maximum atomic E-state index is 5.38. The molecule has 3 N–H and O–H groups in total. The van der Waals surface area contributed by atoms with Crippen LogP contribution in [0.5, 0.6) is 0 Å². The van der Waals surface area contributed by atoms with Crippen molar-refractivity contribution < 1.29 is 4.42 Å². The lowest BCUT2D eigenvalue weighted by atomic mass is 10.1. The highest BCUT2D eigenvalue weighted by molar-refractivity contribution is 7.98. The third-order valence-corrected chi connectivity index (χ3v) is 2.40. The van der Waals surface area contributed by atoms with Crippen LogP contribution in [0.25, 0.3) is 0 Å². The molecule has 0 spiro atoms. The fraction of sp³-hybridized carbons (Fsp3) is 0.500. The molecule has 0 amide bonds. The second kappa shape index (κ2) is 5.24. The van der Waals surface area contributed by atoms with Gasteiger partial charge < -0.3 is 4.42 Å². The van der Waals surface area contributed by atoms with Gasteiger partial charge in [-0.2, -0.15) is 11.8 Å². The first kappa shape index (κ1) is 9.64. The highest BCUT2D eigenvalue weighted by Crippen LogP contribution is 2.06. The summed E-state index contributed by atoms with van der Waals surface area (Å²) in [6.07, 6.45) is 6.43. The van der Waals surface area contributed by atoms with Gasteiger partial charge in [-0.15, -0.1) is 0 Å². The molecule has 1 unspecified atom stereocenters. The maximum Gasteiger partial charge on any atom is 0.0935 e. The van der Waals surface area contributed by atoms with E-state index in [0.29, 0.717) is 6.04 Å². The van der Waals surface area contributed by atoms with Gasteiger partial charge in [0.25, 0.3) is 0 Å². The largest absolute Gasteiger partial charge is 0.472 e. The van der Waals surface area contributed by atoms with Gasteiger partial charge >= 0.3 is 0 Å². The van der Waals surface area contributed by atoms with Crippen LogP contribution in [0.15, 0.2) is 23.0 Å². The molecule has 0 saturated carbocycles. The summed E-state index contributed by atoms with van der Waals surface area (Å²) in [5, 5.41) is 0. The molecule has 0 saturated heterocycles. The number of thioether (sulfide) groups is 1. The highest BCUT2D eigenvalue weighted by atomic mass is 32.2. The molecule has 1 rings (SSSR count). The van der Waals surface area contributed by atoms with E-state index in [1.807, 2.05) is 6.07 Å². The zero-order chi connectivity index (χ0) is 8.81. The minimum atomic E-state index is 0.331. The lowest BCUT2D eigenvalue weighted by Gasteiger charge is -2.12. The Morgan fingerprint density at radius 3 is 3.08 bits per heavy atom. The molecule has 68 valence electrons. The molecule has 0 bridgehead atoms. The van der Waals surface area contributed by atoms with Crippen molar-refractivity contribution >= 4 is 11.8 Å². The molecule has 1 atom stereocenters. The molecule has 0 aliphatic heterocycles. The number of rotatable bonds is 5. The van der Waals surface area contributed by atoms with Gasteiger partial charge in [-0.1, -0.05) is 0 Å². The Morgan fingerprint density at radius 1 is 1.75 bits per heavy atom. The Labute approximate surface area is 76.7 Å². The Bertz CT molecular complexity index is 201. The van der Waals surface area contributed by atoms with Crippen LogP contribution in [-0.4, -0.2) is 18.1 Å². The van der Waals surface area contributed by atoms with Gasteiger partial charge in [0.15, 0.2) is 0 Å². The average Bonchev–Trinajstić information content (AvgIpc) is 2.56. The molecular weight excluding hydrogens is 172 g/mol. The van der Waals surface area contributed by atoms with E-state index in [1.54, 1.807) is 24.3 Å². The Hall–Kier alpha value is -0.450. The van der Waals surface area contributed by atoms with E-state index in [1.165, 1.54) is 5.56 Å². The number of hydrazine groups is 1. The summed E-state index contributed by atoms with van der Waals surface area (Å²) in [7, 11) is 0. The van der Waals surface area contributed by atoms with Crippen molar-refractivity contribution in [2.75, 3.05) is 12.0 Å². The first-order chi connectivity index (χ1) is 5.86. The molecular formula is C8H14N2OS. The predicted molar refractivity (Wildman–Crippen MR) is 51.9 cm³/mol. The minimum Gasteiger partial charge on any atom is -0.472 e. The van der Waals surface area contributed by atoms with Crippen LogP contribution < -0.4 is 11.3 Å². The standard InChI is InChI=1S/C8H14N2OS/c1-12-6-8(10-9)4-7-2-3-11-5-7/h2-3,5,8,10H,4,6,9H2,1H3. The van der Waals surface area contributed by atoms with Gasteiger partial charge in [-0.25, -0.2) is 0 Å². The van der Waals surface area contributed by atoms with Crippen LogP contribution in [-0.2, 0) is 6.42 Å². The van der Waals surface area contributed by atoms with Crippen molar-refractivity contribution in [3.8, 4) is 0 Å². The fourth-order valence-electron chi connectivity index (χ4n) is 1.06. The average molecular weight is 186 g/mol. The monoisotopic (exact) mass is 186 g/mol. The van der Waals surface area contributed by atoms with Crippen molar-refractivity contribution in [1.82, 2.24) is 5.43 Å². The third-order valence-electron chi connectivity index (χ3n) is 1.67. The van der Waals surface area contributed by atoms with Crippen molar-refractivity contribution in [1.29, 1.82) is 0 Å². The number of furan rings is 1. The van der Waals surface area contributed by atoms with Gasteiger partial charge in [0.05, 0.1) is 12.5 Å². The quantitative estimate of drug-likeness (QED) is 0.532. The van der Waals surface area contributed by atoms with E-state index in [4.69, 9.17) is 10.3 Å².